The molecule has 1 aliphatic rings. The van der Waals surface area contributed by atoms with Crippen molar-refractivity contribution in [2.45, 2.75) is 57.9 Å². The second-order valence-electron chi connectivity index (χ2n) is 4.37. The molecule has 0 aromatic rings. The monoisotopic (exact) mass is 217 g/mol. The zero-order valence-electron chi connectivity index (χ0n) is 9.47. The lowest BCUT2D eigenvalue weighted by Gasteiger charge is -2.33. The van der Waals surface area contributed by atoms with E-state index in [0.717, 1.165) is 18.5 Å². The van der Waals surface area contributed by atoms with Gasteiger partial charge in [0, 0.05) is 18.5 Å². The van der Waals surface area contributed by atoms with Crippen molar-refractivity contribution < 1.29 is 0 Å². The smallest absolute Gasteiger partial charge is 0.0351 e. The van der Waals surface area contributed by atoms with Gasteiger partial charge in [-0.25, -0.2) is 0 Å². The van der Waals surface area contributed by atoms with Crippen LogP contribution < -0.4 is 0 Å². The molecule has 0 saturated heterocycles. The highest BCUT2D eigenvalue weighted by Crippen LogP contribution is 2.22. The summed E-state index contributed by atoms with van der Waals surface area (Å²) in [5.74, 6) is 0.792. The van der Waals surface area contributed by atoms with Crippen molar-refractivity contribution in [2.75, 3.05) is 19.0 Å². The van der Waals surface area contributed by atoms with E-state index < -0.39 is 0 Å². The molecular formula is C12H24ClN. The Bertz CT molecular complexity index is 132. The van der Waals surface area contributed by atoms with Crippen molar-refractivity contribution >= 4 is 11.6 Å². The van der Waals surface area contributed by atoms with Gasteiger partial charge in [-0.3, -0.25) is 4.90 Å². The Morgan fingerprint density at radius 3 is 2.43 bits per heavy atom. The van der Waals surface area contributed by atoms with Crippen LogP contribution >= 0.6 is 11.6 Å². The van der Waals surface area contributed by atoms with Crippen molar-refractivity contribution in [3.63, 3.8) is 0 Å². The average Bonchev–Trinajstić information content (AvgIpc) is 2.25. The van der Waals surface area contributed by atoms with E-state index >= 15 is 0 Å². The summed E-state index contributed by atoms with van der Waals surface area (Å²) in [6.45, 7) is 4.61. The maximum atomic E-state index is 5.85. The third-order valence-electron chi connectivity index (χ3n) is 3.26. The first-order chi connectivity index (χ1) is 6.88. The minimum Gasteiger partial charge on any atom is -0.299 e. The van der Waals surface area contributed by atoms with E-state index in [4.69, 9.17) is 11.6 Å². The molecule has 0 N–H and O–H groups in total. The molecule has 0 radical (unpaired) electrons. The Morgan fingerprint density at radius 2 is 1.86 bits per heavy atom. The van der Waals surface area contributed by atoms with Crippen LogP contribution in [0.25, 0.3) is 0 Å². The van der Waals surface area contributed by atoms with Gasteiger partial charge in [-0.05, 0) is 25.8 Å². The number of hydrogen-bond donors (Lipinski definition) is 0. The Balaban J connectivity index is 2.30. The molecular weight excluding hydrogens is 194 g/mol. The lowest BCUT2D eigenvalue weighted by Crippen LogP contribution is -2.38. The van der Waals surface area contributed by atoms with E-state index in [0.29, 0.717) is 0 Å². The van der Waals surface area contributed by atoms with Gasteiger partial charge in [0.15, 0.2) is 0 Å². The average molecular weight is 218 g/mol. The summed E-state index contributed by atoms with van der Waals surface area (Å²) >= 11 is 5.85. The van der Waals surface area contributed by atoms with Crippen molar-refractivity contribution in [1.82, 2.24) is 4.90 Å². The number of alkyl halides is 1. The highest BCUT2D eigenvalue weighted by atomic mass is 35.5. The molecule has 1 aliphatic carbocycles. The fraction of sp³-hybridized carbons (Fsp3) is 1.00. The molecule has 2 heteroatoms. The van der Waals surface area contributed by atoms with Crippen LogP contribution in [0.2, 0.25) is 0 Å². The van der Waals surface area contributed by atoms with Crippen LogP contribution in [0.1, 0.15) is 51.9 Å². The van der Waals surface area contributed by atoms with Gasteiger partial charge in [-0.2, -0.15) is 0 Å². The Morgan fingerprint density at radius 1 is 1.14 bits per heavy atom. The summed E-state index contributed by atoms with van der Waals surface area (Å²) in [5, 5.41) is 0. The summed E-state index contributed by atoms with van der Waals surface area (Å²) in [4.78, 5) is 2.62. The molecule has 84 valence electrons. The molecule has 0 atom stereocenters. The minimum absolute atomic E-state index is 0.792. The third kappa shape index (κ3) is 4.18. The van der Waals surface area contributed by atoms with Crippen molar-refractivity contribution in [3.05, 3.63) is 0 Å². The summed E-state index contributed by atoms with van der Waals surface area (Å²) in [6.07, 6.45) is 9.73. The lowest BCUT2D eigenvalue weighted by atomic mass is 9.94. The second-order valence-corrected chi connectivity index (χ2v) is 4.75. The molecule has 0 amide bonds. The zero-order valence-corrected chi connectivity index (χ0v) is 10.2. The number of unbranched alkanes of at least 4 members (excludes halogenated alkanes) is 1. The largest absolute Gasteiger partial charge is 0.299 e. The molecule has 0 unspecified atom stereocenters. The normalized spacial score (nSPS) is 19.1. The Hall–Kier alpha value is 0.250. The van der Waals surface area contributed by atoms with Gasteiger partial charge in [-0.1, -0.05) is 32.6 Å². The van der Waals surface area contributed by atoms with Crippen LogP contribution in [-0.4, -0.2) is 29.9 Å². The molecule has 0 spiro atoms. The van der Waals surface area contributed by atoms with E-state index in [1.165, 1.54) is 51.5 Å². The van der Waals surface area contributed by atoms with Crippen molar-refractivity contribution in [1.29, 1.82) is 0 Å². The van der Waals surface area contributed by atoms with Gasteiger partial charge in [-0.15, -0.1) is 11.6 Å². The predicted molar refractivity (Wildman–Crippen MR) is 64.1 cm³/mol. The van der Waals surface area contributed by atoms with Gasteiger partial charge < -0.3 is 0 Å². The highest BCUT2D eigenvalue weighted by Gasteiger charge is 2.19. The Kier molecular flexibility index (Phi) is 6.63. The van der Waals surface area contributed by atoms with Gasteiger partial charge >= 0.3 is 0 Å². The van der Waals surface area contributed by atoms with Gasteiger partial charge in [0.2, 0.25) is 0 Å². The zero-order chi connectivity index (χ0) is 10.2. The SMILES string of the molecule is CCCCN(CCCl)C1CCCCC1. The van der Waals surface area contributed by atoms with Crippen LogP contribution in [0.4, 0.5) is 0 Å². The van der Waals surface area contributed by atoms with Crippen LogP contribution in [0.3, 0.4) is 0 Å². The van der Waals surface area contributed by atoms with Crippen molar-refractivity contribution in [3.8, 4) is 0 Å². The molecule has 0 aromatic heterocycles. The predicted octanol–water partition coefficient (Wildman–Crippen LogP) is 3.66. The fourth-order valence-corrected chi connectivity index (χ4v) is 2.61. The lowest BCUT2D eigenvalue weighted by molar-refractivity contribution is 0.162. The fourth-order valence-electron chi connectivity index (χ4n) is 2.39. The number of nitrogens with zero attached hydrogens (tertiary/aromatic N) is 1. The summed E-state index contributed by atoms with van der Waals surface area (Å²) < 4.78 is 0. The van der Waals surface area contributed by atoms with E-state index in [-0.39, 0.29) is 0 Å². The first-order valence-electron chi connectivity index (χ1n) is 6.18. The minimum atomic E-state index is 0.792. The van der Waals surface area contributed by atoms with Gasteiger partial charge in [0.25, 0.3) is 0 Å². The van der Waals surface area contributed by atoms with E-state index in [2.05, 4.69) is 11.8 Å². The van der Waals surface area contributed by atoms with E-state index in [9.17, 15) is 0 Å². The summed E-state index contributed by atoms with van der Waals surface area (Å²) in [7, 11) is 0. The molecule has 1 rings (SSSR count). The first-order valence-corrected chi connectivity index (χ1v) is 6.72. The maximum absolute atomic E-state index is 5.85. The quantitative estimate of drug-likeness (QED) is 0.614. The molecule has 1 saturated carbocycles. The van der Waals surface area contributed by atoms with E-state index in [1.807, 2.05) is 0 Å². The summed E-state index contributed by atoms with van der Waals surface area (Å²) in [5.41, 5.74) is 0. The number of halogens is 1. The second kappa shape index (κ2) is 7.53. The number of hydrogen-bond acceptors (Lipinski definition) is 1. The molecule has 0 aliphatic heterocycles. The van der Waals surface area contributed by atoms with Crippen LogP contribution in [-0.2, 0) is 0 Å². The molecule has 1 nitrogen and oxygen atoms in total. The van der Waals surface area contributed by atoms with Crippen molar-refractivity contribution in [2.24, 2.45) is 0 Å². The molecule has 14 heavy (non-hydrogen) atoms. The first kappa shape index (κ1) is 12.3. The topological polar surface area (TPSA) is 3.24 Å². The highest BCUT2D eigenvalue weighted by molar-refractivity contribution is 6.18. The van der Waals surface area contributed by atoms with Crippen LogP contribution in [0.5, 0.6) is 0 Å². The molecule has 0 bridgehead atoms. The van der Waals surface area contributed by atoms with Crippen LogP contribution in [0, 0.1) is 0 Å². The molecule has 0 aromatic carbocycles. The molecule has 0 heterocycles. The number of rotatable bonds is 6. The standard InChI is InChI=1S/C12H24ClN/c1-2-3-10-14(11-9-13)12-7-5-4-6-8-12/h12H,2-11H2,1H3. The maximum Gasteiger partial charge on any atom is 0.0351 e. The van der Waals surface area contributed by atoms with Crippen LogP contribution in [0.15, 0.2) is 0 Å². The van der Waals surface area contributed by atoms with E-state index in [1.54, 1.807) is 0 Å². The molecule has 1 fully saturated rings. The Labute approximate surface area is 93.8 Å². The third-order valence-corrected chi connectivity index (χ3v) is 3.43. The van der Waals surface area contributed by atoms with Gasteiger partial charge in [0.1, 0.15) is 0 Å². The van der Waals surface area contributed by atoms with Gasteiger partial charge in [0.05, 0.1) is 0 Å². The summed E-state index contributed by atoms with van der Waals surface area (Å²) in [6, 6.07) is 0.842.